The Balaban J connectivity index is 1.68. The van der Waals surface area contributed by atoms with Gasteiger partial charge in [-0.3, -0.25) is 4.79 Å². The maximum atomic E-state index is 12.7. The highest BCUT2D eigenvalue weighted by Gasteiger charge is 2.40. The number of carbonyl (C=O) groups is 2. The Kier molecular flexibility index (Phi) is 5.62. The predicted molar refractivity (Wildman–Crippen MR) is 97.2 cm³/mol. The Hall–Kier alpha value is -2.65. The number of methoxy groups -OCH3 is 1. The number of aliphatic carboxylic acids is 1. The zero-order valence-electron chi connectivity index (χ0n) is 14.8. The number of aliphatic hydroxyl groups is 1. The van der Waals surface area contributed by atoms with Crippen molar-refractivity contribution in [3.05, 3.63) is 40.3 Å². The third-order valence-corrected chi connectivity index (χ3v) is 5.18. The van der Waals surface area contributed by atoms with Crippen molar-refractivity contribution in [2.45, 2.75) is 25.0 Å². The first-order valence-corrected chi connectivity index (χ1v) is 9.30. The van der Waals surface area contributed by atoms with E-state index in [1.165, 1.54) is 23.3 Å². The molecule has 0 atom stereocenters. The molecule has 0 bridgehead atoms. The Morgan fingerprint density at radius 3 is 2.63 bits per heavy atom. The summed E-state index contributed by atoms with van der Waals surface area (Å²) >= 11 is 1.48. The first kappa shape index (κ1) is 19.1. The molecule has 144 valence electrons. The van der Waals surface area contributed by atoms with E-state index in [0.29, 0.717) is 23.7 Å². The number of carboxylic acids is 1. The number of ether oxygens (including phenoxy) is 2. The van der Waals surface area contributed by atoms with Crippen LogP contribution in [-0.4, -0.2) is 57.8 Å². The molecule has 0 radical (unpaired) electrons. The molecule has 1 saturated heterocycles. The lowest BCUT2D eigenvalue weighted by atomic mass is 9.91. The normalized spacial score (nSPS) is 16.0. The number of piperidine rings is 1. The number of rotatable bonds is 6. The van der Waals surface area contributed by atoms with Gasteiger partial charge in [-0.05, 0) is 18.2 Å². The third kappa shape index (κ3) is 4.20. The third-order valence-electron chi connectivity index (χ3n) is 4.55. The van der Waals surface area contributed by atoms with Crippen molar-refractivity contribution in [3.63, 3.8) is 0 Å². The molecule has 2 N–H and O–H groups in total. The maximum Gasteiger partial charge on any atom is 0.335 e. The van der Waals surface area contributed by atoms with Gasteiger partial charge in [-0.15, -0.1) is 11.3 Å². The average Bonchev–Trinajstić information content (AvgIpc) is 3.20. The molecular formula is C18H20N2O6S. The summed E-state index contributed by atoms with van der Waals surface area (Å²) in [6.45, 7) is 0.644. The van der Waals surface area contributed by atoms with Crippen molar-refractivity contribution in [1.82, 2.24) is 9.88 Å². The largest absolute Gasteiger partial charge is 0.493 e. The van der Waals surface area contributed by atoms with Crippen LogP contribution in [0.2, 0.25) is 0 Å². The van der Waals surface area contributed by atoms with Crippen LogP contribution >= 0.6 is 11.3 Å². The molecule has 9 heteroatoms. The highest BCUT2D eigenvalue weighted by atomic mass is 32.1. The minimum Gasteiger partial charge on any atom is -0.493 e. The Morgan fingerprint density at radius 2 is 2.04 bits per heavy atom. The number of likely N-dealkylation sites (tertiary alicyclic amines) is 1. The van der Waals surface area contributed by atoms with Crippen molar-refractivity contribution in [1.29, 1.82) is 0 Å². The summed E-state index contributed by atoms with van der Waals surface area (Å²) in [6.07, 6.45) is 0.0000875. The Morgan fingerprint density at radius 1 is 1.30 bits per heavy atom. The minimum atomic E-state index is -1.76. The summed E-state index contributed by atoms with van der Waals surface area (Å²) < 4.78 is 11.0. The van der Waals surface area contributed by atoms with Gasteiger partial charge >= 0.3 is 5.97 Å². The summed E-state index contributed by atoms with van der Waals surface area (Å²) in [5, 5.41) is 21.0. The summed E-state index contributed by atoms with van der Waals surface area (Å²) in [5.41, 5.74) is 1.18. The monoisotopic (exact) mass is 392 g/mol. The molecule has 1 aliphatic heterocycles. The number of carbonyl (C=O) groups excluding carboxylic acids is 1. The van der Waals surface area contributed by atoms with Gasteiger partial charge in [0.2, 0.25) is 0 Å². The summed E-state index contributed by atoms with van der Waals surface area (Å²) in [6, 6.07) is 4.89. The molecule has 1 amide bonds. The van der Waals surface area contributed by atoms with Crippen LogP contribution in [0, 0.1) is 0 Å². The average molecular weight is 392 g/mol. The van der Waals surface area contributed by atoms with Gasteiger partial charge in [0, 0.05) is 36.9 Å². The van der Waals surface area contributed by atoms with E-state index in [-0.39, 0.29) is 31.8 Å². The van der Waals surface area contributed by atoms with Crippen molar-refractivity contribution in [3.8, 4) is 11.5 Å². The SMILES string of the molecule is COc1cc(C(=O)N2CCC(O)(C(=O)O)CC2)ccc1OCc1cscn1. The zero-order chi connectivity index (χ0) is 19.4. The van der Waals surface area contributed by atoms with Crippen LogP contribution in [0.15, 0.2) is 29.1 Å². The van der Waals surface area contributed by atoms with Crippen molar-refractivity contribution in [2.75, 3.05) is 20.2 Å². The van der Waals surface area contributed by atoms with E-state index >= 15 is 0 Å². The van der Waals surface area contributed by atoms with E-state index in [0.717, 1.165) is 5.69 Å². The van der Waals surface area contributed by atoms with E-state index in [2.05, 4.69) is 4.98 Å². The number of hydrogen-bond acceptors (Lipinski definition) is 7. The molecule has 0 aliphatic carbocycles. The Bertz CT molecular complexity index is 815. The van der Waals surface area contributed by atoms with Gasteiger partial charge in [0.25, 0.3) is 5.91 Å². The van der Waals surface area contributed by atoms with Gasteiger partial charge in [-0.25, -0.2) is 9.78 Å². The predicted octanol–water partition coefficient (Wildman–Crippen LogP) is 1.78. The fraction of sp³-hybridized carbons (Fsp3) is 0.389. The molecule has 1 aromatic carbocycles. The minimum absolute atomic E-state index is 0.0000437. The van der Waals surface area contributed by atoms with E-state index in [9.17, 15) is 14.7 Å². The number of carboxylic acid groups (broad SMARTS) is 1. The van der Waals surface area contributed by atoms with Gasteiger partial charge in [0.1, 0.15) is 6.61 Å². The van der Waals surface area contributed by atoms with Crippen molar-refractivity contribution >= 4 is 23.2 Å². The van der Waals surface area contributed by atoms with E-state index in [4.69, 9.17) is 14.6 Å². The molecule has 2 aromatic rings. The molecule has 0 spiro atoms. The zero-order valence-corrected chi connectivity index (χ0v) is 15.6. The highest BCUT2D eigenvalue weighted by Crippen LogP contribution is 2.30. The number of aromatic nitrogens is 1. The van der Waals surface area contributed by atoms with Crippen LogP contribution in [-0.2, 0) is 11.4 Å². The van der Waals surface area contributed by atoms with E-state index < -0.39 is 11.6 Å². The van der Waals surface area contributed by atoms with Gasteiger partial charge in [0.15, 0.2) is 17.1 Å². The lowest BCUT2D eigenvalue weighted by Gasteiger charge is -2.35. The fourth-order valence-electron chi connectivity index (χ4n) is 2.86. The molecule has 0 saturated carbocycles. The number of amides is 1. The van der Waals surface area contributed by atoms with Gasteiger partial charge in [-0.2, -0.15) is 0 Å². The molecule has 1 fully saturated rings. The summed E-state index contributed by atoms with van der Waals surface area (Å²) in [7, 11) is 1.49. The van der Waals surface area contributed by atoms with Crippen LogP contribution in [0.5, 0.6) is 11.5 Å². The second-order valence-electron chi connectivity index (χ2n) is 6.26. The fourth-order valence-corrected chi connectivity index (χ4v) is 3.40. The van der Waals surface area contributed by atoms with E-state index in [1.54, 1.807) is 23.7 Å². The number of thiazole rings is 1. The van der Waals surface area contributed by atoms with Gasteiger partial charge in [-0.1, -0.05) is 0 Å². The first-order chi connectivity index (χ1) is 12.9. The highest BCUT2D eigenvalue weighted by molar-refractivity contribution is 7.07. The topological polar surface area (TPSA) is 109 Å². The quantitative estimate of drug-likeness (QED) is 0.771. The standard InChI is InChI=1S/C18H20N2O6S/c1-25-15-8-12(2-3-14(15)26-9-13-10-27-11-19-13)16(21)20-6-4-18(24,5-7-20)17(22)23/h2-3,8,10-11,24H,4-7,9H2,1H3,(H,22,23). The smallest absolute Gasteiger partial charge is 0.335 e. The summed E-state index contributed by atoms with van der Waals surface area (Å²) in [4.78, 5) is 29.5. The molecule has 1 aromatic heterocycles. The number of hydrogen-bond donors (Lipinski definition) is 2. The maximum absolute atomic E-state index is 12.7. The molecule has 27 heavy (non-hydrogen) atoms. The van der Waals surface area contributed by atoms with Crippen molar-refractivity contribution in [2.24, 2.45) is 0 Å². The Labute approximate surface area is 160 Å². The first-order valence-electron chi connectivity index (χ1n) is 8.36. The molecular weight excluding hydrogens is 372 g/mol. The van der Waals surface area contributed by atoms with Crippen LogP contribution in [0.1, 0.15) is 28.9 Å². The van der Waals surface area contributed by atoms with E-state index in [1.807, 2.05) is 5.38 Å². The summed E-state index contributed by atoms with van der Waals surface area (Å²) in [5.74, 6) is -0.569. The molecule has 2 heterocycles. The lowest BCUT2D eigenvalue weighted by Crippen LogP contribution is -2.50. The van der Waals surface area contributed by atoms with Crippen LogP contribution in [0.25, 0.3) is 0 Å². The van der Waals surface area contributed by atoms with Crippen LogP contribution in [0.3, 0.4) is 0 Å². The number of benzene rings is 1. The van der Waals surface area contributed by atoms with Crippen LogP contribution < -0.4 is 9.47 Å². The van der Waals surface area contributed by atoms with Gasteiger partial charge in [0.05, 0.1) is 18.3 Å². The molecule has 3 rings (SSSR count). The second kappa shape index (κ2) is 7.93. The van der Waals surface area contributed by atoms with Crippen LogP contribution in [0.4, 0.5) is 0 Å². The number of nitrogens with zero attached hydrogens (tertiary/aromatic N) is 2. The molecule has 0 unspecified atom stereocenters. The molecule has 1 aliphatic rings. The molecule has 8 nitrogen and oxygen atoms in total. The van der Waals surface area contributed by atoms with Crippen molar-refractivity contribution < 1.29 is 29.3 Å². The lowest BCUT2D eigenvalue weighted by molar-refractivity contribution is -0.162. The second-order valence-corrected chi connectivity index (χ2v) is 6.98. The van der Waals surface area contributed by atoms with Gasteiger partial charge < -0.3 is 24.6 Å².